The van der Waals surface area contributed by atoms with Gasteiger partial charge in [0.2, 0.25) is 11.8 Å². The number of hydrogen-bond acceptors (Lipinski definition) is 4. The second-order valence-electron chi connectivity index (χ2n) is 8.52. The summed E-state index contributed by atoms with van der Waals surface area (Å²) in [5.41, 5.74) is -2.43. The van der Waals surface area contributed by atoms with Crippen molar-refractivity contribution in [3.05, 3.63) is 24.0 Å². The summed E-state index contributed by atoms with van der Waals surface area (Å²) in [6, 6.07) is 1.66. The van der Waals surface area contributed by atoms with E-state index in [9.17, 15) is 49.1 Å². The van der Waals surface area contributed by atoms with Crippen LogP contribution < -0.4 is 20.3 Å². The van der Waals surface area contributed by atoms with Crippen molar-refractivity contribution in [3.63, 3.8) is 0 Å². The number of anilines is 1. The van der Waals surface area contributed by atoms with Gasteiger partial charge in [-0.15, -0.1) is 0 Å². The van der Waals surface area contributed by atoms with Crippen LogP contribution in [-0.4, -0.2) is 61.9 Å². The van der Waals surface area contributed by atoms with Gasteiger partial charge in [-0.25, -0.2) is 4.39 Å². The van der Waals surface area contributed by atoms with Crippen molar-refractivity contribution in [3.8, 4) is 5.75 Å². The van der Waals surface area contributed by atoms with E-state index < -0.39 is 73.1 Å². The Morgan fingerprint density at radius 1 is 1.06 bits per heavy atom. The molecule has 0 spiro atoms. The van der Waals surface area contributed by atoms with Crippen LogP contribution in [-0.2, 0) is 9.59 Å². The van der Waals surface area contributed by atoms with Gasteiger partial charge < -0.3 is 20.3 Å². The van der Waals surface area contributed by atoms with Crippen molar-refractivity contribution in [1.29, 1.82) is 0 Å². The van der Waals surface area contributed by atoms with Crippen molar-refractivity contribution in [1.82, 2.24) is 10.6 Å². The van der Waals surface area contributed by atoms with E-state index in [1.54, 1.807) is 0 Å². The van der Waals surface area contributed by atoms with Gasteiger partial charge in [0.05, 0.1) is 18.3 Å². The Hall–Kier alpha value is -2.87. The molecule has 1 aliphatic heterocycles. The van der Waals surface area contributed by atoms with E-state index in [2.05, 4.69) is 5.32 Å². The highest BCUT2D eigenvalue weighted by Crippen LogP contribution is 2.36. The number of amides is 2. The third kappa shape index (κ3) is 6.84. The molecule has 0 aromatic heterocycles. The molecule has 1 aromatic carbocycles. The van der Waals surface area contributed by atoms with E-state index in [1.165, 1.54) is 12.2 Å². The smallest absolute Gasteiger partial charge is 0.455 e. The summed E-state index contributed by atoms with van der Waals surface area (Å²) in [5.74, 6) is -8.85. The summed E-state index contributed by atoms with van der Waals surface area (Å²) in [5, 5.41) is 3.65. The van der Waals surface area contributed by atoms with Crippen molar-refractivity contribution in [2.75, 3.05) is 24.5 Å². The van der Waals surface area contributed by atoms with E-state index in [-0.39, 0.29) is 11.4 Å². The first kappa shape index (κ1) is 28.4. The Morgan fingerprint density at radius 3 is 2.20 bits per heavy atom. The molecule has 1 aromatic rings. The lowest BCUT2D eigenvalue weighted by Gasteiger charge is -2.31. The normalized spacial score (nSPS) is 19.4. The minimum Gasteiger partial charge on any atom is -0.486 e. The molecule has 2 atom stereocenters. The minimum atomic E-state index is -5.93. The first-order valence-corrected chi connectivity index (χ1v) is 10.1. The number of hydrogen-bond donors (Lipinski definition) is 2. The van der Waals surface area contributed by atoms with E-state index in [0.717, 1.165) is 32.0 Å². The van der Waals surface area contributed by atoms with Gasteiger partial charge in [-0.2, -0.15) is 35.1 Å². The van der Waals surface area contributed by atoms with E-state index in [0.29, 0.717) is 4.90 Å². The van der Waals surface area contributed by atoms with Crippen LogP contribution in [0.25, 0.3) is 0 Å². The second-order valence-corrected chi connectivity index (χ2v) is 8.52. The van der Waals surface area contributed by atoms with E-state index >= 15 is 0 Å². The average Bonchev–Trinajstić information content (AvgIpc) is 2.81. The highest BCUT2D eigenvalue weighted by atomic mass is 19.4. The van der Waals surface area contributed by atoms with Crippen LogP contribution in [0.15, 0.2) is 18.2 Å². The SMILES string of the molecule is C[C@H]1Oc2ccc(F)cc2N(CC(F)(F)F)C[C@H]1NC(=O)C(C)(C)C(=O)NCC(F)(F)C(F)(F)F. The molecule has 2 amide bonds. The number of rotatable bonds is 6. The minimum absolute atomic E-state index is 0.105. The second kappa shape index (κ2) is 9.64. The Kier molecular flexibility index (Phi) is 7.82. The largest absolute Gasteiger partial charge is 0.486 e. The van der Waals surface area contributed by atoms with E-state index in [4.69, 9.17) is 4.74 Å². The van der Waals surface area contributed by atoms with Gasteiger partial charge in [-0.05, 0) is 32.9 Å². The monoisotopic (exact) mass is 523 g/mol. The van der Waals surface area contributed by atoms with Crippen molar-refractivity contribution < 1.29 is 53.8 Å². The van der Waals surface area contributed by atoms with Crippen LogP contribution in [0.1, 0.15) is 20.8 Å². The van der Waals surface area contributed by atoms with Crippen molar-refractivity contribution in [2.45, 2.75) is 51.2 Å². The predicted octanol–water partition coefficient (Wildman–Crippen LogP) is 3.80. The van der Waals surface area contributed by atoms with Gasteiger partial charge >= 0.3 is 18.3 Å². The number of fused-ring (bicyclic) bond motifs is 1. The molecule has 1 heterocycles. The van der Waals surface area contributed by atoms with Gasteiger partial charge in [0, 0.05) is 12.6 Å². The first-order valence-electron chi connectivity index (χ1n) is 10.1. The molecule has 2 N–H and O–H groups in total. The van der Waals surface area contributed by atoms with Crippen molar-refractivity contribution >= 4 is 17.5 Å². The summed E-state index contributed by atoms with van der Waals surface area (Å²) in [4.78, 5) is 25.7. The molecule has 2 rings (SSSR count). The van der Waals surface area contributed by atoms with Crippen molar-refractivity contribution in [2.24, 2.45) is 5.41 Å². The predicted molar refractivity (Wildman–Crippen MR) is 104 cm³/mol. The fraction of sp³-hybridized carbons (Fsp3) is 0.600. The maximum atomic E-state index is 13.7. The Balaban J connectivity index is 2.21. The number of halogens is 9. The third-order valence-corrected chi connectivity index (χ3v) is 5.27. The number of carbonyl (C=O) groups excluding carboxylic acids is 2. The highest BCUT2D eigenvalue weighted by molar-refractivity contribution is 6.04. The lowest BCUT2D eigenvalue weighted by Crippen LogP contribution is -2.57. The molecule has 6 nitrogen and oxygen atoms in total. The molecule has 0 unspecified atom stereocenters. The molecule has 198 valence electrons. The maximum Gasteiger partial charge on any atom is 0.455 e. The fourth-order valence-electron chi connectivity index (χ4n) is 3.10. The molecule has 0 saturated heterocycles. The lowest BCUT2D eigenvalue weighted by molar-refractivity contribution is -0.278. The van der Waals surface area contributed by atoms with Gasteiger partial charge in [-0.3, -0.25) is 9.59 Å². The summed E-state index contributed by atoms with van der Waals surface area (Å²) in [7, 11) is 0. The van der Waals surface area contributed by atoms with Crippen LogP contribution in [0.5, 0.6) is 5.75 Å². The van der Waals surface area contributed by atoms with Crippen LogP contribution in [0.4, 0.5) is 45.2 Å². The summed E-state index contributed by atoms with van der Waals surface area (Å²) in [6.07, 6.45) is -11.7. The molecule has 0 fully saturated rings. The van der Waals surface area contributed by atoms with Gasteiger partial charge in [0.1, 0.15) is 29.6 Å². The molecule has 0 bridgehead atoms. The molecular formula is C20H22F9N3O3. The molecule has 0 saturated carbocycles. The first-order chi connectivity index (χ1) is 15.7. The van der Waals surface area contributed by atoms with Gasteiger partial charge in [0.15, 0.2) is 0 Å². The number of alkyl halides is 8. The zero-order valence-electron chi connectivity index (χ0n) is 18.6. The lowest BCUT2D eigenvalue weighted by atomic mass is 9.90. The Labute approximate surface area is 193 Å². The number of carbonyl (C=O) groups is 2. The topological polar surface area (TPSA) is 70.7 Å². The molecule has 0 aliphatic carbocycles. The summed E-state index contributed by atoms with van der Waals surface area (Å²) in [6.45, 7) is -0.956. The van der Waals surface area contributed by atoms with Gasteiger partial charge in [0.25, 0.3) is 0 Å². The van der Waals surface area contributed by atoms with Crippen LogP contribution in [0.2, 0.25) is 0 Å². The Morgan fingerprint density at radius 2 is 1.66 bits per heavy atom. The quantitative estimate of drug-likeness (QED) is 0.440. The number of nitrogens with zero attached hydrogens (tertiary/aromatic N) is 1. The molecular weight excluding hydrogens is 501 g/mol. The molecule has 35 heavy (non-hydrogen) atoms. The zero-order valence-corrected chi connectivity index (χ0v) is 18.6. The number of ether oxygens (including phenoxy) is 1. The van der Waals surface area contributed by atoms with Crippen LogP contribution in [0.3, 0.4) is 0 Å². The Bertz CT molecular complexity index is 948. The van der Waals surface area contributed by atoms with Gasteiger partial charge in [-0.1, -0.05) is 0 Å². The molecule has 1 aliphatic rings. The summed E-state index contributed by atoms with van der Waals surface area (Å²) >= 11 is 0. The third-order valence-electron chi connectivity index (χ3n) is 5.27. The fourth-order valence-corrected chi connectivity index (χ4v) is 3.10. The van der Waals surface area contributed by atoms with Crippen LogP contribution in [0, 0.1) is 11.2 Å². The molecule has 15 heteroatoms. The number of nitrogens with one attached hydrogen (secondary N) is 2. The number of benzene rings is 1. The van der Waals surface area contributed by atoms with Crippen LogP contribution >= 0.6 is 0 Å². The van der Waals surface area contributed by atoms with E-state index in [1.807, 2.05) is 0 Å². The molecule has 0 radical (unpaired) electrons. The standard InChI is InChI=1S/C20H22F9N3O3/c1-10-12(7-32(9-19(24,25)26)13-6-11(21)4-5-14(13)35-10)31-16(34)17(2,3)15(33)30-8-18(22,23)20(27,28)29/h4-6,10,12H,7-9H2,1-3H3,(H,30,33)(H,31,34)/t10-,12-/m1/s1. The maximum absolute atomic E-state index is 13.7. The average molecular weight is 523 g/mol. The summed E-state index contributed by atoms with van der Waals surface area (Å²) < 4.78 is 122. The highest BCUT2D eigenvalue weighted by Gasteiger charge is 2.57. The zero-order chi connectivity index (χ0) is 27.0.